The van der Waals surface area contributed by atoms with Crippen molar-refractivity contribution in [3.63, 3.8) is 0 Å². The molecule has 84 valence electrons. The van der Waals surface area contributed by atoms with E-state index in [0.29, 0.717) is 10.8 Å². The lowest BCUT2D eigenvalue weighted by molar-refractivity contribution is 0.957. The first-order chi connectivity index (χ1) is 8.31. The van der Waals surface area contributed by atoms with Gasteiger partial charge in [-0.1, -0.05) is 12.1 Å². The molecule has 3 rings (SSSR count). The summed E-state index contributed by atoms with van der Waals surface area (Å²) >= 11 is 1.38. The molecule has 0 spiro atoms. The molecule has 2 aromatic heterocycles. The van der Waals surface area contributed by atoms with Crippen molar-refractivity contribution < 1.29 is 0 Å². The van der Waals surface area contributed by atoms with Gasteiger partial charge in [0.1, 0.15) is 0 Å². The zero-order chi connectivity index (χ0) is 11.7. The Bertz CT molecular complexity index is 613. The van der Waals surface area contributed by atoms with E-state index in [4.69, 9.17) is 5.73 Å². The summed E-state index contributed by atoms with van der Waals surface area (Å²) in [6, 6.07) is 7.86. The number of anilines is 1. The number of para-hydroxylation sites is 2. The first kappa shape index (κ1) is 10.1. The molecule has 2 heterocycles. The summed E-state index contributed by atoms with van der Waals surface area (Å²) < 4.78 is 0. The lowest BCUT2D eigenvalue weighted by Gasteiger charge is -1.95. The fourth-order valence-electron chi connectivity index (χ4n) is 1.44. The minimum absolute atomic E-state index is 0.555. The maximum Gasteiger partial charge on any atom is 0.195 e. The number of hydrogen-bond acceptors (Lipinski definition) is 5. The highest BCUT2D eigenvalue weighted by molar-refractivity contribution is 7.99. The number of aromatic amines is 1. The molecule has 3 aromatic rings. The van der Waals surface area contributed by atoms with Crippen LogP contribution in [-0.2, 0) is 0 Å². The maximum atomic E-state index is 5.52. The van der Waals surface area contributed by atoms with Gasteiger partial charge in [-0.25, -0.2) is 15.0 Å². The third-order valence-corrected chi connectivity index (χ3v) is 2.98. The van der Waals surface area contributed by atoms with Crippen LogP contribution in [0.15, 0.2) is 47.0 Å². The van der Waals surface area contributed by atoms with E-state index in [0.717, 1.165) is 16.2 Å². The third kappa shape index (κ3) is 2.07. The molecule has 6 heteroatoms. The van der Waals surface area contributed by atoms with Crippen LogP contribution in [0.3, 0.4) is 0 Å². The Labute approximate surface area is 102 Å². The average Bonchev–Trinajstić information content (AvgIpc) is 2.74. The first-order valence-corrected chi connectivity index (χ1v) is 5.83. The smallest absolute Gasteiger partial charge is 0.195 e. The molecule has 0 amide bonds. The molecule has 0 unspecified atom stereocenters. The second-order valence-electron chi connectivity index (χ2n) is 3.46. The van der Waals surface area contributed by atoms with Crippen molar-refractivity contribution in [2.24, 2.45) is 0 Å². The van der Waals surface area contributed by atoms with Crippen LogP contribution in [0.1, 0.15) is 0 Å². The molecule has 0 atom stereocenters. The number of H-pyrrole nitrogens is 1. The Balaban J connectivity index is 1.92. The molecule has 0 aliphatic rings. The van der Waals surface area contributed by atoms with Crippen molar-refractivity contribution in [2.45, 2.75) is 10.3 Å². The molecule has 0 aliphatic heterocycles. The molecule has 0 aliphatic carbocycles. The van der Waals surface area contributed by atoms with Gasteiger partial charge < -0.3 is 10.7 Å². The summed E-state index contributed by atoms with van der Waals surface area (Å²) in [4.78, 5) is 15.8. The zero-order valence-corrected chi connectivity index (χ0v) is 9.61. The molecule has 0 bridgehead atoms. The second kappa shape index (κ2) is 4.06. The molecule has 0 saturated heterocycles. The lowest BCUT2D eigenvalue weighted by atomic mass is 10.3. The number of fused-ring (bicyclic) bond motifs is 1. The Morgan fingerprint density at radius 2 is 1.88 bits per heavy atom. The van der Waals surface area contributed by atoms with Crippen molar-refractivity contribution in [1.82, 2.24) is 19.9 Å². The van der Waals surface area contributed by atoms with Crippen LogP contribution in [0.5, 0.6) is 0 Å². The van der Waals surface area contributed by atoms with E-state index in [1.54, 1.807) is 12.4 Å². The number of hydrogen-bond donors (Lipinski definition) is 2. The van der Waals surface area contributed by atoms with Gasteiger partial charge in [0.25, 0.3) is 0 Å². The second-order valence-corrected chi connectivity index (χ2v) is 4.42. The largest absolute Gasteiger partial charge is 0.396 e. The molecule has 0 saturated carbocycles. The predicted octanol–water partition coefficient (Wildman–Crippen LogP) is 2.09. The summed E-state index contributed by atoms with van der Waals surface area (Å²) in [6.45, 7) is 0. The molecule has 5 nitrogen and oxygen atoms in total. The van der Waals surface area contributed by atoms with Crippen molar-refractivity contribution in [2.75, 3.05) is 5.73 Å². The Kier molecular flexibility index (Phi) is 2.41. The first-order valence-electron chi connectivity index (χ1n) is 5.01. The van der Waals surface area contributed by atoms with E-state index < -0.39 is 0 Å². The van der Waals surface area contributed by atoms with Gasteiger partial charge >= 0.3 is 0 Å². The van der Waals surface area contributed by atoms with Crippen LogP contribution >= 0.6 is 11.8 Å². The molecular formula is C11H9N5S. The van der Waals surface area contributed by atoms with E-state index in [1.807, 2.05) is 24.3 Å². The van der Waals surface area contributed by atoms with Gasteiger partial charge in [0, 0.05) is 0 Å². The Hall–Kier alpha value is -2.08. The number of imidazole rings is 1. The summed E-state index contributed by atoms with van der Waals surface area (Å²) in [5, 5.41) is 1.40. The number of nitrogens with two attached hydrogens (primary N) is 1. The summed E-state index contributed by atoms with van der Waals surface area (Å²) in [5.74, 6) is 0. The monoisotopic (exact) mass is 243 g/mol. The van der Waals surface area contributed by atoms with E-state index in [-0.39, 0.29) is 0 Å². The number of benzene rings is 1. The van der Waals surface area contributed by atoms with Gasteiger partial charge in [-0.2, -0.15) is 0 Å². The zero-order valence-electron chi connectivity index (χ0n) is 8.79. The molecule has 1 aromatic carbocycles. The molecule has 0 fully saturated rings. The number of nitrogens with zero attached hydrogens (tertiary/aromatic N) is 3. The lowest BCUT2D eigenvalue weighted by Crippen LogP contribution is -1.90. The molecule has 3 N–H and O–H groups in total. The molecule has 0 radical (unpaired) electrons. The van der Waals surface area contributed by atoms with Crippen molar-refractivity contribution in [3.05, 3.63) is 36.7 Å². The average molecular weight is 243 g/mol. The Morgan fingerprint density at radius 3 is 2.65 bits per heavy atom. The fourth-order valence-corrected chi connectivity index (χ4v) is 2.13. The van der Waals surface area contributed by atoms with Gasteiger partial charge in [0.15, 0.2) is 10.3 Å². The van der Waals surface area contributed by atoms with Crippen molar-refractivity contribution >= 4 is 28.5 Å². The van der Waals surface area contributed by atoms with Gasteiger partial charge in [-0.05, 0) is 23.9 Å². The van der Waals surface area contributed by atoms with Crippen molar-refractivity contribution in [1.29, 1.82) is 0 Å². The van der Waals surface area contributed by atoms with Crippen LogP contribution in [0, 0.1) is 0 Å². The summed E-state index contributed by atoms with van der Waals surface area (Å²) in [7, 11) is 0. The van der Waals surface area contributed by atoms with E-state index in [2.05, 4.69) is 19.9 Å². The van der Waals surface area contributed by atoms with Gasteiger partial charge in [0.2, 0.25) is 0 Å². The highest BCUT2D eigenvalue weighted by Gasteiger charge is 2.05. The molecular weight excluding hydrogens is 234 g/mol. The topological polar surface area (TPSA) is 80.5 Å². The van der Waals surface area contributed by atoms with Crippen LogP contribution in [0.2, 0.25) is 0 Å². The number of aromatic nitrogens is 4. The minimum atomic E-state index is 0.555. The number of nitrogens with one attached hydrogen (secondary N) is 1. The van der Waals surface area contributed by atoms with Crippen LogP contribution in [0.25, 0.3) is 11.0 Å². The van der Waals surface area contributed by atoms with Crippen molar-refractivity contribution in [3.8, 4) is 0 Å². The standard InChI is InChI=1S/C11H9N5S/c12-7-5-13-10(14-6-7)17-11-15-8-3-1-2-4-9(8)16-11/h1-6H,12H2,(H,15,16). The quantitative estimate of drug-likeness (QED) is 0.673. The number of nitrogen functional groups attached to an aromatic ring is 1. The number of rotatable bonds is 2. The summed E-state index contributed by atoms with van der Waals surface area (Å²) in [6.07, 6.45) is 3.16. The molecule has 17 heavy (non-hydrogen) atoms. The van der Waals surface area contributed by atoms with Gasteiger partial charge in [-0.3, -0.25) is 0 Å². The Morgan fingerprint density at radius 1 is 1.12 bits per heavy atom. The van der Waals surface area contributed by atoms with Crippen LogP contribution in [-0.4, -0.2) is 19.9 Å². The van der Waals surface area contributed by atoms with E-state index in [1.165, 1.54) is 11.8 Å². The third-order valence-electron chi connectivity index (χ3n) is 2.20. The van der Waals surface area contributed by atoms with Gasteiger partial charge in [-0.15, -0.1) is 0 Å². The van der Waals surface area contributed by atoms with Gasteiger partial charge in [0.05, 0.1) is 29.1 Å². The maximum absolute atomic E-state index is 5.52. The SMILES string of the molecule is Nc1cnc(Sc2nc3ccccc3[nH]2)nc1. The fraction of sp³-hybridized carbons (Fsp3) is 0. The minimum Gasteiger partial charge on any atom is -0.396 e. The van der Waals surface area contributed by atoms with Crippen LogP contribution in [0.4, 0.5) is 5.69 Å². The predicted molar refractivity (Wildman–Crippen MR) is 66.7 cm³/mol. The highest BCUT2D eigenvalue weighted by atomic mass is 32.2. The summed E-state index contributed by atoms with van der Waals surface area (Å²) in [5.41, 5.74) is 8.02. The normalized spacial score (nSPS) is 10.8. The highest BCUT2D eigenvalue weighted by Crippen LogP contribution is 2.24. The van der Waals surface area contributed by atoms with Crippen LogP contribution < -0.4 is 5.73 Å². The van der Waals surface area contributed by atoms with E-state index in [9.17, 15) is 0 Å². The van der Waals surface area contributed by atoms with E-state index >= 15 is 0 Å².